The number of aromatic amines is 1. The number of ether oxygens (including phenoxy) is 1. The van der Waals surface area contributed by atoms with Crippen LogP contribution in [0.4, 0.5) is 4.79 Å². The molecular formula is C29H30BClN8O4. The van der Waals surface area contributed by atoms with Crippen LogP contribution in [0.15, 0.2) is 55.2 Å². The zero-order valence-electron chi connectivity index (χ0n) is 24.6. The molecule has 0 atom stereocenters. The summed E-state index contributed by atoms with van der Waals surface area (Å²) in [7, 11) is 1.38. The summed E-state index contributed by atoms with van der Waals surface area (Å²) in [5, 5.41) is 5.29. The lowest BCUT2D eigenvalue weighted by atomic mass is 9.79. The van der Waals surface area contributed by atoms with E-state index < -0.39 is 24.4 Å². The summed E-state index contributed by atoms with van der Waals surface area (Å²) >= 11 is 6.02. The SMILES string of the molecule is CCOC(=O)n1cnc2cc(B3OC(C)(C)C(C)(C)O3)ccc21.Cn1ncc2c(-c3ccc4nc[nH]c4c3)nc(Cl)nc21. The molecule has 0 bridgehead atoms. The molecule has 4 aromatic heterocycles. The molecule has 43 heavy (non-hydrogen) atoms. The van der Waals surface area contributed by atoms with Crippen LogP contribution in [0.3, 0.4) is 0 Å². The number of halogens is 1. The van der Waals surface area contributed by atoms with Crippen molar-refractivity contribution in [1.29, 1.82) is 0 Å². The molecule has 0 unspecified atom stereocenters. The van der Waals surface area contributed by atoms with E-state index in [1.165, 1.54) is 10.9 Å². The molecule has 1 saturated heterocycles. The number of H-pyrrole nitrogens is 1. The van der Waals surface area contributed by atoms with Gasteiger partial charge in [-0.1, -0.05) is 12.1 Å². The Morgan fingerprint density at radius 2 is 1.81 bits per heavy atom. The molecule has 14 heteroatoms. The monoisotopic (exact) mass is 600 g/mol. The fraction of sp³-hybridized carbons (Fsp3) is 0.310. The smallest absolute Gasteiger partial charge is 0.449 e. The Morgan fingerprint density at radius 1 is 1.05 bits per heavy atom. The maximum absolute atomic E-state index is 11.9. The molecule has 220 valence electrons. The number of imidazole rings is 2. The molecular weight excluding hydrogens is 571 g/mol. The first kappa shape index (κ1) is 28.8. The zero-order valence-corrected chi connectivity index (χ0v) is 25.4. The summed E-state index contributed by atoms with van der Waals surface area (Å²) in [6, 6.07) is 11.5. The quantitative estimate of drug-likeness (QED) is 0.222. The van der Waals surface area contributed by atoms with Crippen LogP contribution >= 0.6 is 11.6 Å². The average Bonchev–Trinajstić information content (AvgIpc) is 3.73. The topological polar surface area (TPSA) is 135 Å². The molecule has 1 aliphatic heterocycles. The number of carbonyl (C=O) groups excluding carboxylic acids is 1. The Kier molecular flexibility index (Phi) is 7.19. The van der Waals surface area contributed by atoms with Crippen LogP contribution in [0.2, 0.25) is 5.28 Å². The first-order valence-corrected chi connectivity index (χ1v) is 14.1. The molecule has 0 aliphatic carbocycles. The maximum atomic E-state index is 11.9. The first-order chi connectivity index (χ1) is 20.5. The minimum absolute atomic E-state index is 0.209. The van der Waals surface area contributed by atoms with Crippen molar-refractivity contribution < 1.29 is 18.8 Å². The number of fused-ring (bicyclic) bond motifs is 3. The molecule has 6 aromatic rings. The van der Waals surface area contributed by atoms with Gasteiger partial charge in [-0.05, 0) is 75.9 Å². The summed E-state index contributed by atoms with van der Waals surface area (Å²) in [5.41, 5.74) is 5.79. The normalized spacial score (nSPS) is 15.7. The Hall–Kier alpha value is -4.33. The largest absolute Gasteiger partial charge is 0.494 e. The molecule has 1 fully saturated rings. The number of hydrogen-bond acceptors (Lipinski definition) is 9. The molecule has 7 rings (SSSR count). The molecule has 12 nitrogen and oxygen atoms in total. The van der Waals surface area contributed by atoms with Crippen molar-refractivity contribution in [2.24, 2.45) is 7.05 Å². The Labute approximate surface area is 252 Å². The van der Waals surface area contributed by atoms with Gasteiger partial charge in [0.15, 0.2) is 5.65 Å². The third-order valence-electron chi connectivity index (χ3n) is 7.82. The summed E-state index contributed by atoms with van der Waals surface area (Å²) in [5.74, 6) is 0. The van der Waals surface area contributed by atoms with Crippen LogP contribution in [-0.2, 0) is 21.1 Å². The minimum Gasteiger partial charge on any atom is -0.449 e. The van der Waals surface area contributed by atoms with Crippen LogP contribution in [0.1, 0.15) is 34.6 Å². The zero-order chi connectivity index (χ0) is 30.5. The number of aryl methyl sites for hydroxylation is 1. The van der Waals surface area contributed by atoms with Crippen LogP contribution < -0.4 is 5.46 Å². The fourth-order valence-corrected chi connectivity index (χ4v) is 4.96. The van der Waals surface area contributed by atoms with Crippen molar-refractivity contribution in [2.75, 3.05) is 6.61 Å². The number of benzene rings is 2. The lowest BCUT2D eigenvalue weighted by Crippen LogP contribution is -2.41. The molecule has 5 heterocycles. The number of carbonyl (C=O) groups is 1. The van der Waals surface area contributed by atoms with E-state index in [-0.39, 0.29) is 5.28 Å². The summed E-state index contributed by atoms with van der Waals surface area (Å²) in [4.78, 5) is 32.0. The number of hydrogen-bond donors (Lipinski definition) is 1. The van der Waals surface area contributed by atoms with Gasteiger partial charge in [-0.15, -0.1) is 0 Å². The van der Waals surface area contributed by atoms with Crippen molar-refractivity contribution in [1.82, 2.24) is 39.3 Å². The molecule has 0 amide bonds. The van der Waals surface area contributed by atoms with Gasteiger partial charge in [0.1, 0.15) is 6.33 Å². The first-order valence-electron chi connectivity index (χ1n) is 13.8. The second kappa shape index (κ2) is 10.7. The van der Waals surface area contributed by atoms with E-state index in [0.29, 0.717) is 23.3 Å². The highest BCUT2D eigenvalue weighted by molar-refractivity contribution is 6.62. The Morgan fingerprint density at radius 3 is 2.56 bits per heavy atom. The number of nitrogens with zero attached hydrogens (tertiary/aromatic N) is 7. The molecule has 2 aromatic carbocycles. The molecule has 1 N–H and O–H groups in total. The summed E-state index contributed by atoms with van der Waals surface area (Å²) < 4.78 is 20.2. The highest BCUT2D eigenvalue weighted by Crippen LogP contribution is 2.36. The van der Waals surface area contributed by atoms with Crippen molar-refractivity contribution >= 4 is 63.4 Å². The van der Waals surface area contributed by atoms with Gasteiger partial charge in [0.05, 0.1) is 63.5 Å². The highest BCUT2D eigenvalue weighted by atomic mass is 35.5. The highest BCUT2D eigenvalue weighted by Gasteiger charge is 2.51. The van der Waals surface area contributed by atoms with E-state index in [9.17, 15) is 4.79 Å². The lowest BCUT2D eigenvalue weighted by Gasteiger charge is -2.32. The Bertz CT molecular complexity index is 1970. The van der Waals surface area contributed by atoms with Crippen LogP contribution in [0.5, 0.6) is 0 Å². The number of aromatic nitrogens is 8. The molecule has 0 radical (unpaired) electrons. The van der Waals surface area contributed by atoms with Gasteiger partial charge >= 0.3 is 13.2 Å². The van der Waals surface area contributed by atoms with Crippen LogP contribution in [0, 0.1) is 0 Å². The predicted molar refractivity (Wildman–Crippen MR) is 164 cm³/mol. The molecule has 1 aliphatic rings. The Balaban J connectivity index is 0.000000154. The van der Waals surface area contributed by atoms with Gasteiger partial charge in [-0.2, -0.15) is 10.1 Å². The van der Waals surface area contributed by atoms with Crippen LogP contribution in [0.25, 0.3) is 44.4 Å². The average molecular weight is 601 g/mol. The number of nitrogens with one attached hydrogen (secondary N) is 1. The van der Waals surface area contributed by atoms with Gasteiger partial charge in [0, 0.05) is 12.6 Å². The van der Waals surface area contributed by atoms with E-state index in [0.717, 1.165) is 33.1 Å². The van der Waals surface area contributed by atoms with Crippen molar-refractivity contribution in [3.8, 4) is 11.3 Å². The van der Waals surface area contributed by atoms with E-state index in [1.54, 1.807) is 24.1 Å². The summed E-state index contributed by atoms with van der Waals surface area (Å²) in [6.45, 7) is 10.2. The van der Waals surface area contributed by atoms with Crippen LogP contribution in [-0.4, -0.2) is 70.3 Å². The third-order valence-corrected chi connectivity index (χ3v) is 7.99. The lowest BCUT2D eigenvalue weighted by molar-refractivity contribution is 0.00578. The van der Waals surface area contributed by atoms with E-state index >= 15 is 0 Å². The molecule has 0 spiro atoms. The minimum atomic E-state index is -0.447. The van der Waals surface area contributed by atoms with Gasteiger partial charge in [0.25, 0.3) is 0 Å². The van der Waals surface area contributed by atoms with E-state index in [2.05, 4.69) is 30.0 Å². The van der Waals surface area contributed by atoms with E-state index in [4.69, 9.17) is 25.6 Å². The van der Waals surface area contributed by atoms with E-state index in [1.807, 2.05) is 71.1 Å². The van der Waals surface area contributed by atoms with Crippen molar-refractivity contribution in [3.05, 3.63) is 60.5 Å². The van der Waals surface area contributed by atoms with Gasteiger partial charge in [-0.25, -0.2) is 24.3 Å². The standard InChI is InChI=1S/C16H21BN2O4.C13H9ClN6/c1-6-21-14(20)19-10-18-12-9-11(7-8-13(12)19)17-22-15(2,3)16(4,5)23-17;1-20-12-8(5-17-20)11(18-13(14)19-12)7-2-3-9-10(4-7)16-6-15-9/h7-10H,6H2,1-5H3;2-6H,1H3,(H,15,16). The second-order valence-electron chi connectivity index (χ2n) is 11.1. The maximum Gasteiger partial charge on any atom is 0.494 e. The van der Waals surface area contributed by atoms with Gasteiger partial charge in [-0.3, -0.25) is 4.68 Å². The van der Waals surface area contributed by atoms with Crippen molar-refractivity contribution in [3.63, 3.8) is 0 Å². The van der Waals surface area contributed by atoms with Gasteiger partial charge in [0.2, 0.25) is 5.28 Å². The second-order valence-corrected chi connectivity index (χ2v) is 11.5. The van der Waals surface area contributed by atoms with Crippen molar-refractivity contribution in [2.45, 2.75) is 45.8 Å². The number of rotatable bonds is 3. The molecule has 0 saturated carbocycles. The van der Waals surface area contributed by atoms with Gasteiger partial charge < -0.3 is 19.0 Å². The fourth-order valence-electron chi connectivity index (χ4n) is 4.79. The summed E-state index contributed by atoms with van der Waals surface area (Å²) in [6.07, 6.45) is 4.45. The third kappa shape index (κ3) is 5.24. The predicted octanol–water partition coefficient (Wildman–Crippen LogP) is 4.90.